The fourth-order valence-corrected chi connectivity index (χ4v) is 2.97. The summed E-state index contributed by atoms with van der Waals surface area (Å²) in [5.41, 5.74) is 0. The first kappa shape index (κ1) is 24.1. The lowest BCUT2D eigenvalue weighted by atomic mass is 10.0. The number of hydrogen-bond donors (Lipinski definition) is 0. The standard InChI is InChI=1S/C22H42O3/c1-3-5-7-8-9-10-11-12-13-14-15-16-17-18-19-21(23)22(24)25-20-6-4-2/h3-20H2,1-2H3. The third-order valence-corrected chi connectivity index (χ3v) is 4.72. The Balaban J connectivity index is 3.23. The summed E-state index contributed by atoms with van der Waals surface area (Å²) in [6.07, 6.45) is 20.2. The van der Waals surface area contributed by atoms with E-state index >= 15 is 0 Å². The molecule has 0 amide bonds. The quantitative estimate of drug-likeness (QED) is 0.146. The molecule has 0 aromatic carbocycles. The summed E-state index contributed by atoms with van der Waals surface area (Å²) in [6.45, 7) is 4.67. The van der Waals surface area contributed by atoms with Crippen molar-refractivity contribution in [1.29, 1.82) is 0 Å². The second-order valence-corrected chi connectivity index (χ2v) is 7.26. The molecular weight excluding hydrogens is 312 g/mol. The lowest BCUT2D eigenvalue weighted by Gasteiger charge is -2.04. The zero-order valence-electron chi connectivity index (χ0n) is 17.0. The van der Waals surface area contributed by atoms with Crippen LogP contribution in [0.3, 0.4) is 0 Å². The maximum Gasteiger partial charge on any atom is 0.374 e. The van der Waals surface area contributed by atoms with Crippen LogP contribution in [0.1, 0.15) is 123 Å². The normalized spacial score (nSPS) is 10.8. The molecule has 0 aliphatic carbocycles. The van der Waals surface area contributed by atoms with Crippen LogP contribution in [0, 0.1) is 0 Å². The van der Waals surface area contributed by atoms with Crippen molar-refractivity contribution < 1.29 is 14.3 Å². The lowest BCUT2D eigenvalue weighted by Crippen LogP contribution is -2.17. The highest BCUT2D eigenvalue weighted by atomic mass is 16.5. The van der Waals surface area contributed by atoms with Gasteiger partial charge in [-0.2, -0.15) is 0 Å². The number of ether oxygens (including phenoxy) is 1. The maximum atomic E-state index is 11.6. The van der Waals surface area contributed by atoms with Crippen LogP contribution in [0.2, 0.25) is 0 Å². The van der Waals surface area contributed by atoms with Crippen molar-refractivity contribution in [3.05, 3.63) is 0 Å². The Hall–Kier alpha value is -0.860. The Kier molecular flexibility index (Phi) is 18.8. The average molecular weight is 355 g/mol. The van der Waals surface area contributed by atoms with Gasteiger partial charge in [0.2, 0.25) is 5.78 Å². The van der Waals surface area contributed by atoms with Gasteiger partial charge in [-0.05, 0) is 12.8 Å². The van der Waals surface area contributed by atoms with E-state index in [1.165, 1.54) is 77.0 Å². The van der Waals surface area contributed by atoms with Crippen LogP contribution in [-0.4, -0.2) is 18.4 Å². The third-order valence-electron chi connectivity index (χ3n) is 4.72. The molecule has 25 heavy (non-hydrogen) atoms. The van der Waals surface area contributed by atoms with Crippen LogP contribution < -0.4 is 0 Å². The molecule has 0 unspecified atom stereocenters. The molecule has 0 bridgehead atoms. The minimum Gasteiger partial charge on any atom is -0.460 e. The smallest absolute Gasteiger partial charge is 0.374 e. The van der Waals surface area contributed by atoms with E-state index in [0.717, 1.165) is 25.7 Å². The number of unbranched alkanes of at least 4 members (excludes halogenated alkanes) is 14. The number of carbonyl (C=O) groups is 2. The van der Waals surface area contributed by atoms with Crippen molar-refractivity contribution in [1.82, 2.24) is 0 Å². The highest BCUT2D eigenvalue weighted by molar-refractivity contribution is 6.33. The van der Waals surface area contributed by atoms with Gasteiger partial charge in [0.25, 0.3) is 0 Å². The van der Waals surface area contributed by atoms with Crippen LogP contribution in [0.4, 0.5) is 0 Å². The largest absolute Gasteiger partial charge is 0.460 e. The van der Waals surface area contributed by atoms with E-state index in [-0.39, 0.29) is 5.78 Å². The van der Waals surface area contributed by atoms with Gasteiger partial charge in [0.15, 0.2) is 0 Å². The van der Waals surface area contributed by atoms with Crippen molar-refractivity contribution in [2.75, 3.05) is 6.61 Å². The first-order valence-corrected chi connectivity index (χ1v) is 10.9. The fraction of sp³-hybridized carbons (Fsp3) is 0.909. The summed E-state index contributed by atoms with van der Waals surface area (Å²) < 4.78 is 4.93. The third kappa shape index (κ3) is 17.7. The van der Waals surface area contributed by atoms with E-state index in [9.17, 15) is 9.59 Å². The molecule has 0 N–H and O–H groups in total. The summed E-state index contributed by atoms with van der Waals surface area (Å²) in [7, 11) is 0. The number of Topliss-reactive ketones (excluding diaryl/α,β-unsaturated/α-hetero) is 1. The molecule has 0 radical (unpaired) electrons. The van der Waals surface area contributed by atoms with Gasteiger partial charge in [-0.1, -0.05) is 104 Å². The summed E-state index contributed by atoms with van der Waals surface area (Å²) in [6, 6.07) is 0. The SMILES string of the molecule is CCCCCCCCCCCCCCCCC(=O)C(=O)OCCCC. The van der Waals surface area contributed by atoms with Crippen molar-refractivity contribution in [2.45, 2.75) is 123 Å². The van der Waals surface area contributed by atoms with Gasteiger partial charge in [-0.3, -0.25) is 4.79 Å². The van der Waals surface area contributed by atoms with Gasteiger partial charge < -0.3 is 4.74 Å². The molecule has 148 valence electrons. The fourth-order valence-electron chi connectivity index (χ4n) is 2.97. The van der Waals surface area contributed by atoms with Gasteiger partial charge in [0, 0.05) is 6.42 Å². The minimum absolute atomic E-state index is 0.350. The highest BCUT2D eigenvalue weighted by Gasteiger charge is 2.14. The second-order valence-electron chi connectivity index (χ2n) is 7.26. The summed E-state index contributed by atoms with van der Waals surface area (Å²) in [5.74, 6) is -0.988. The van der Waals surface area contributed by atoms with Gasteiger partial charge in [0.05, 0.1) is 6.61 Å². The van der Waals surface area contributed by atoms with Gasteiger partial charge in [-0.25, -0.2) is 4.79 Å². The van der Waals surface area contributed by atoms with Crippen LogP contribution in [0.15, 0.2) is 0 Å². The Bertz CT molecular complexity index is 312. The van der Waals surface area contributed by atoms with E-state index in [1.807, 2.05) is 6.92 Å². The highest BCUT2D eigenvalue weighted by Crippen LogP contribution is 2.13. The Morgan fingerprint density at radius 3 is 1.40 bits per heavy atom. The molecule has 0 atom stereocenters. The van der Waals surface area contributed by atoms with Crippen LogP contribution in [0.25, 0.3) is 0 Å². The molecule has 0 aliphatic rings. The lowest BCUT2D eigenvalue weighted by molar-refractivity contribution is -0.154. The molecule has 0 aromatic rings. The Morgan fingerprint density at radius 2 is 0.960 bits per heavy atom. The maximum absolute atomic E-state index is 11.6. The van der Waals surface area contributed by atoms with E-state index in [0.29, 0.717) is 13.0 Å². The van der Waals surface area contributed by atoms with Gasteiger partial charge >= 0.3 is 5.97 Å². The molecule has 0 fully saturated rings. The average Bonchev–Trinajstić information content (AvgIpc) is 2.61. The predicted molar refractivity (Wildman–Crippen MR) is 106 cm³/mol. The zero-order chi connectivity index (χ0) is 18.6. The van der Waals surface area contributed by atoms with E-state index in [2.05, 4.69) is 6.92 Å². The zero-order valence-corrected chi connectivity index (χ0v) is 17.0. The number of esters is 1. The first-order chi connectivity index (χ1) is 12.2. The van der Waals surface area contributed by atoms with Crippen LogP contribution >= 0.6 is 0 Å². The van der Waals surface area contributed by atoms with Crippen molar-refractivity contribution >= 4 is 11.8 Å². The number of rotatable bonds is 19. The first-order valence-electron chi connectivity index (χ1n) is 10.9. The van der Waals surface area contributed by atoms with Crippen LogP contribution in [-0.2, 0) is 14.3 Å². The summed E-state index contributed by atoms with van der Waals surface area (Å²) in [4.78, 5) is 23.0. The Labute approximate surface area is 156 Å². The number of ketones is 1. The molecule has 0 spiro atoms. The van der Waals surface area contributed by atoms with Crippen molar-refractivity contribution in [3.63, 3.8) is 0 Å². The molecule has 0 rings (SSSR count). The second kappa shape index (κ2) is 19.5. The molecule has 0 saturated heterocycles. The number of carbonyl (C=O) groups excluding carboxylic acids is 2. The Morgan fingerprint density at radius 1 is 0.560 bits per heavy atom. The monoisotopic (exact) mass is 354 g/mol. The van der Waals surface area contributed by atoms with Crippen molar-refractivity contribution in [3.8, 4) is 0 Å². The van der Waals surface area contributed by atoms with Crippen LogP contribution in [0.5, 0.6) is 0 Å². The van der Waals surface area contributed by atoms with E-state index < -0.39 is 5.97 Å². The predicted octanol–water partition coefficient (Wildman–Crippen LogP) is 6.77. The van der Waals surface area contributed by atoms with E-state index in [4.69, 9.17) is 4.74 Å². The van der Waals surface area contributed by atoms with Gasteiger partial charge in [0.1, 0.15) is 0 Å². The molecule has 0 saturated carbocycles. The molecule has 3 nitrogen and oxygen atoms in total. The molecule has 0 aromatic heterocycles. The van der Waals surface area contributed by atoms with E-state index in [1.54, 1.807) is 0 Å². The number of hydrogen-bond acceptors (Lipinski definition) is 3. The summed E-state index contributed by atoms with van der Waals surface area (Å²) >= 11 is 0. The molecule has 0 aliphatic heterocycles. The minimum atomic E-state index is -0.636. The van der Waals surface area contributed by atoms with Gasteiger partial charge in [-0.15, -0.1) is 0 Å². The molecular formula is C22H42O3. The van der Waals surface area contributed by atoms with Crippen molar-refractivity contribution in [2.24, 2.45) is 0 Å². The topological polar surface area (TPSA) is 43.4 Å². The summed E-state index contributed by atoms with van der Waals surface area (Å²) in [5, 5.41) is 0. The molecule has 3 heteroatoms. The molecule has 0 heterocycles.